The van der Waals surface area contributed by atoms with Gasteiger partial charge in [0.25, 0.3) is 0 Å². The molecule has 9 heteroatoms. The monoisotopic (exact) mass is 379 g/mol. The highest BCUT2D eigenvalue weighted by Gasteiger charge is 2.36. The van der Waals surface area contributed by atoms with Crippen molar-refractivity contribution in [3.8, 4) is 0 Å². The number of para-hydroxylation sites is 1. The van der Waals surface area contributed by atoms with E-state index in [0.29, 0.717) is 5.69 Å². The number of rotatable bonds is 5. The molecular formula is C14H18ClNO5S2. The number of sulfone groups is 1. The average Bonchev–Trinajstić information content (AvgIpc) is 2.77. The van der Waals surface area contributed by atoms with Crippen LogP contribution in [0.5, 0.6) is 0 Å². The van der Waals surface area contributed by atoms with Gasteiger partial charge in [-0.15, -0.1) is 0 Å². The lowest BCUT2D eigenvalue weighted by Crippen LogP contribution is -2.28. The summed E-state index contributed by atoms with van der Waals surface area (Å²) in [6.07, 6.45) is 0.0298. The van der Waals surface area contributed by atoms with E-state index in [2.05, 4.69) is 0 Å². The maximum absolute atomic E-state index is 12.5. The molecule has 23 heavy (non-hydrogen) atoms. The highest BCUT2D eigenvalue weighted by Crippen LogP contribution is 2.33. The zero-order chi connectivity index (χ0) is 17.4. The first-order valence-corrected chi connectivity index (χ1v) is 11.1. The maximum atomic E-state index is 12.5. The molecule has 0 aromatic heterocycles. The topological polar surface area (TPSA) is 88.6 Å². The molecule has 1 heterocycles. The number of anilines is 1. The summed E-state index contributed by atoms with van der Waals surface area (Å²) in [6, 6.07) is 6.27. The molecule has 0 saturated carbocycles. The zero-order valence-corrected chi connectivity index (χ0v) is 15.2. The van der Waals surface area contributed by atoms with Crippen LogP contribution in [0, 0.1) is 5.92 Å². The molecule has 0 bridgehead atoms. The molecule has 0 spiro atoms. The SMILES string of the molecule is CC(C)S(=O)(=O)c1ccccc1N1CC(CS(=O)(=O)Cl)CC1=O. The molecule has 1 amide bonds. The summed E-state index contributed by atoms with van der Waals surface area (Å²) in [7, 11) is -2.03. The summed E-state index contributed by atoms with van der Waals surface area (Å²) >= 11 is 0. The van der Waals surface area contributed by atoms with E-state index >= 15 is 0 Å². The Morgan fingerprint density at radius 3 is 2.39 bits per heavy atom. The Kier molecular flexibility index (Phi) is 5.08. The molecule has 1 aliphatic rings. The molecular weight excluding hydrogens is 362 g/mol. The minimum Gasteiger partial charge on any atom is -0.311 e. The number of benzene rings is 1. The number of hydrogen-bond donors (Lipinski definition) is 0. The van der Waals surface area contributed by atoms with Crippen molar-refractivity contribution in [3.05, 3.63) is 24.3 Å². The fourth-order valence-corrected chi connectivity index (χ4v) is 5.15. The third-order valence-corrected chi connectivity index (χ3v) is 7.17. The second-order valence-corrected chi connectivity index (χ2v) is 11.1. The van der Waals surface area contributed by atoms with Gasteiger partial charge in [0.15, 0.2) is 9.84 Å². The van der Waals surface area contributed by atoms with Crippen LogP contribution in [0.2, 0.25) is 0 Å². The predicted octanol–water partition coefficient (Wildman–Crippen LogP) is 1.79. The van der Waals surface area contributed by atoms with Crippen molar-refractivity contribution in [2.24, 2.45) is 5.92 Å². The average molecular weight is 380 g/mol. The highest BCUT2D eigenvalue weighted by molar-refractivity contribution is 8.13. The predicted molar refractivity (Wildman–Crippen MR) is 88.9 cm³/mol. The Bertz CT molecular complexity index is 817. The van der Waals surface area contributed by atoms with Gasteiger partial charge in [-0.1, -0.05) is 12.1 Å². The van der Waals surface area contributed by atoms with E-state index in [4.69, 9.17) is 10.7 Å². The van der Waals surface area contributed by atoms with Crippen LogP contribution in [-0.4, -0.2) is 40.3 Å². The molecule has 1 aliphatic heterocycles. The van der Waals surface area contributed by atoms with Crippen LogP contribution in [0.15, 0.2) is 29.2 Å². The lowest BCUT2D eigenvalue weighted by atomic mass is 10.1. The van der Waals surface area contributed by atoms with E-state index in [0.717, 1.165) is 0 Å². The normalized spacial score (nSPS) is 19.6. The summed E-state index contributed by atoms with van der Waals surface area (Å²) in [4.78, 5) is 13.6. The Balaban J connectivity index is 2.39. The summed E-state index contributed by atoms with van der Waals surface area (Å²) < 4.78 is 47.3. The van der Waals surface area contributed by atoms with Gasteiger partial charge in [-0.25, -0.2) is 16.8 Å². The lowest BCUT2D eigenvalue weighted by molar-refractivity contribution is -0.117. The van der Waals surface area contributed by atoms with Crippen LogP contribution in [0.3, 0.4) is 0 Å². The zero-order valence-electron chi connectivity index (χ0n) is 12.8. The molecule has 0 aliphatic carbocycles. The van der Waals surface area contributed by atoms with Gasteiger partial charge in [0, 0.05) is 29.6 Å². The van der Waals surface area contributed by atoms with E-state index in [1.165, 1.54) is 11.0 Å². The molecule has 6 nitrogen and oxygen atoms in total. The molecule has 2 rings (SSSR count). The van der Waals surface area contributed by atoms with Crippen molar-refractivity contribution in [2.75, 3.05) is 17.2 Å². The maximum Gasteiger partial charge on any atom is 0.232 e. The second-order valence-electron chi connectivity index (χ2n) is 5.84. The van der Waals surface area contributed by atoms with E-state index in [9.17, 15) is 21.6 Å². The van der Waals surface area contributed by atoms with Crippen molar-refractivity contribution in [3.63, 3.8) is 0 Å². The van der Waals surface area contributed by atoms with Crippen LogP contribution in [0.1, 0.15) is 20.3 Å². The van der Waals surface area contributed by atoms with Gasteiger partial charge in [-0.05, 0) is 26.0 Å². The second kappa shape index (κ2) is 6.41. The number of nitrogens with zero attached hydrogens (tertiary/aromatic N) is 1. The van der Waals surface area contributed by atoms with Crippen LogP contribution in [-0.2, 0) is 23.7 Å². The number of carbonyl (C=O) groups is 1. The fourth-order valence-electron chi connectivity index (χ4n) is 2.58. The van der Waals surface area contributed by atoms with Crippen molar-refractivity contribution < 1.29 is 21.6 Å². The van der Waals surface area contributed by atoms with Crippen LogP contribution < -0.4 is 4.90 Å². The van der Waals surface area contributed by atoms with E-state index in [1.54, 1.807) is 32.0 Å². The van der Waals surface area contributed by atoms with Crippen molar-refractivity contribution in [1.29, 1.82) is 0 Å². The third kappa shape index (κ3) is 4.05. The quantitative estimate of drug-likeness (QED) is 0.727. The third-order valence-electron chi connectivity index (χ3n) is 3.72. The first-order valence-electron chi connectivity index (χ1n) is 7.08. The van der Waals surface area contributed by atoms with E-state index < -0.39 is 30.1 Å². The molecule has 1 saturated heterocycles. The van der Waals surface area contributed by atoms with Crippen LogP contribution in [0.4, 0.5) is 5.69 Å². The minimum absolute atomic E-state index is 0.0298. The van der Waals surface area contributed by atoms with Crippen molar-refractivity contribution >= 4 is 41.2 Å². The highest BCUT2D eigenvalue weighted by atomic mass is 35.7. The number of amides is 1. The Labute approximate surface area is 140 Å². The number of halogens is 1. The first kappa shape index (κ1) is 18.2. The summed E-state index contributed by atoms with van der Waals surface area (Å²) in [5.74, 6) is -1.06. The standard InChI is InChI=1S/C14H18ClNO5S2/c1-10(2)23(20,21)13-6-4-3-5-12(13)16-8-11(7-14(16)17)9-22(15,18)19/h3-6,10-11H,7-9H2,1-2H3. The minimum atomic E-state index is -3.71. The lowest BCUT2D eigenvalue weighted by Gasteiger charge is -2.21. The van der Waals surface area contributed by atoms with Crippen molar-refractivity contribution in [2.45, 2.75) is 30.4 Å². The van der Waals surface area contributed by atoms with Gasteiger partial charge in [-0.2, -0.15) is 0 Å². The molecule has 1 fully saturated rings. The number of carbonyl (C=O) groups excluding carboxylic acids is 1. The van der Waals surface area contributed by atoms with Crippen molar-refractivity contribution in [1.82, 2.24) is 0 Å². The van der Waals surface area contributed by atoms with Gasteiger partial charge >= 0.3 is 0 Å². The Morgan fingerprint density at radius 1 is 1.22 bits per heavy atom. The van der Waals surface area contributed by atoms with Crippen LogP contribution in [0.25, 0.3) is 0 Å². The molecule has 1 aromatic carbocycles. The van der Waals surface area contributed by atoms with E-state index in [-0.39, 0.29) is 29.5 Å². The number of hydrogen-bond acceptors (Lipinski definition) is 5. The first-order chi connectivity index (χ1) is 10.5. The molecule has 128 valence electrons. The molecule has 1 aromatic rings. The van der Waals surface area contributed by atoms with Gasteiger partial charge in [0.05, 0.1) is 21.6 Å². The van der Waals surface area contributed by atoms with Gasteiger partial charge in [-0.3, -0.25) is 4.79 Å². The molecule has 0 N–H and O–H groups in total. The van der Waals surface area contributed by atoms with Gasteiger partial charge < -0.3 is 4.90 Å². The smallest absolute Gasteiger partial charge is 0.232 e. The van der Waals surface area contributed by atoms with Crippen LogP contribution >= 0.6 is 10.7 Å². The molecule has 1 unspecified atom stereocenters. The summed E-state index contributed by atoms with van der Waals surface area (Å²) in [5, 5.41) is -0.625. The van der Waals surface area contributed by atoms with Gasteiger partial charge in [0.1, 0.15) is 0 Å². The fraction of sp³-hybridized carbons (Fsp3) is 0.500. The largest absolute Gasteiger partial charge is 0.311 e. The summed E-state index contributed by atoms with van der Waals surface area (Å²) in [5.41, 5.74) is 0.292. The molecule has 1 atom stereocenters. The Hall–Kier alpha value is -1.12. The Morgan fingerprint density at radius 2 is 1.83 bits per heavy atom. The van der Waals surface area contributed by atoms with E-state index in [1.807, 2.05) is 0 Å². The molecule has 0 radical (unpaired) electrons. The van der Waals surface area contributed by atoms with Gasteiger partial charge in [0.2, 0.25) is 15.0 Å². The summed E-state index contributed by atoms with van der Waals surface area (Å²) in [6.45, 7) is 3.27.